The third-order valence-electron chi connectivity index (χ3n) is 3.86. The summed E-state index contributed by atoms with van der Waals surface area (Å²) in [6.45, 7) is 4.57. The summed E-state index contributed by atoms with van der Waals surface area (Å²) in [5.74, 6) is 2.01. The average Bonchev–Trinajstić information content (AvgIpc) is 2.55. The zero-order valence-electron chi connectivity index (χ0n) is 12.6. The first-order valence-electron chi connectivity index (χ1n) is 7.49. The Labute approximate surface area is 135 Å². The molecule has 0 atom stereocenters. The van der Waals surface area contributed by atoms with Crippen molar-refractivity contribution in [3.05, 3.63) is 41.4 Å². The summed E-state index contributed by atoms with van der Waals surface area (Å²) in [5, 5.41) is 0.565. The van der Waals surface area contributed by atoms with E-state index in [4.69, 9.17) is 16.3 Å². The van der Waals surface area contributed by atoms with Crippen molar-refractivity contribution in [2.24, 2.45) is 5.92 Å². The van der Waals surface area contributed by atoms with Crippen molar-refractivity contribution < 1.29 is 4.74 Å². The first-order chi connectivity index (χ1) is 10.7. The second-order valence-corrected chi connectivity index (χ2v) is 5.96. The molecule has 1 fully saturated rings. The number of halogens is 1. The Balaban J connectivity index is 1.51. The molecule has 5 nitrogen and oxygen atoms in total. The molecule has 22 heavy (non-hydrogen) atoms. The molecule has 1 aliphatic heterocycles. The normalized spacial score (nSPS) is 15.8. The van der Waals surface area contributed by atoms with Crippen LogP contribution in [-0.4, -0.2) is 34.6 Å². The second kappa shape index (κ2) is 6.92. The lowest BCUT2D eigenvalue weighted by molar-refractivity contribution is 0.216. The zero-order valence-corrected chi connectivity index (χ0v) is 13.3. The lowest BCUT2D eigenvalue weighted by atomic mass is 9.98. The van der Waals surface area contributed by atoms with Crippen molar-refractivity contribution in [2.75, 3.05) is 24.6 Å². The van der Waals surface area contributed by atoms with Gasteiger partial charge in [0.15, 0.2) is 0 Å². The molecule has 3 heterocycles. The predicted octanol–water partition coefficient (Wildman–Crippen LogP) is 3.13. The van der Waals surface area contributed by atoms with E-state index in [-0.39, 0.29) is 0 Å². The Morgan fingerprint density at radius 3 is 2.86 bits per heavy atom. The molecule has 1 aliphatic rings. The highest BCUT2D eigenvalue weighted by molar-refractivity contribution is 6.31. The monoisotopic (exact) mass is 318 g/mol. The fraction of sp³-hybridized carbons (Fsp3) is 0.438. The summed E-state index contributed by atoms with van der Waals surface area (Å²) in [6, 6.07) is 3.60. The Kier molecular flexibility index (Phi) is 4.73. The van der Waals surface area contributed by atoms with Crippen molar-refractivity contribution in [3.63, 3.8) is 0 Å². The first kappa shape index (κ1) is 15.0. The van der Waals surface area contributed by atoms with Gasteiger partial charge in [0.2, 0.25) is 5.88 Å². The molecule has 0 amide bonds. The molecule has 0 saturated carbocycles. The number of hydrogen-bond acceptors (Lipinski definition) is 5. The van der Waals surface area contributed by atoms with Crippen LogP contribution in [0.4, 0.5) is 5.82 Å². The minimum absolute atomic E-state index is 0.520. The summed E-state index contributed by atoms with van der Waals surface area (Å²) >= 11 is 6.05. The quantitative estimate of drug-likeness (QED) is 0.867. The van der Waals surface area contributed by atoms with Crippen LogP contribution in [0.2, 0.25) is 5.02 Å². The van der Waals surface area contributed by atoms with E-state index in [1.807, 2.05) is 13.1 Å². The van der Waals surface area contributed by atoms with Gasteiger partial charge in [0, 0.05) is 25.5 Å². The van der Waals surface area contributed by atoms with E-state index in [1.54, 1.807) is 24.5 Å². The molecule has 6 heteroatoms. The maximum absolute atomic E-state index is 6.05. The molecule has 0 bridgehead atoms. The number of nitrogens with zero attached hydrogens (tertiary/aromatic N) is 4. The number of anilines is 1. The van der Waals surface area contributed by atoms with Crippen molar-refractivity contribution >= 4 is 17.4 Å². The van der Waals surface area contributed by atoms with E-state index in [1.165, 1.54) is 0 Å². The lowest BCUT2D eigenvalue weighted by Crippen LogP contribution is -2.36. The van der Waals surface area contributed by atoms with Gasteiger partial charge in [-0.3, -0.25) is 4.98 Å². The molecular weight excluding hydrogens is 300 g/mol. The number of piperidine rings is 1. The Morgan fingerprint density at radius 1 is 1.32 bits per heavy atom. The minimum atomic E-state index is 0.520. The number of aryl methyl sites for hydroxylation is 1. The van der Waals surface area contributed by atoms with Crippen molar-refractivity contribution in [1.29, 1.82) is 0 Å². The van der Waals surface area contributed by atoms with Gasteiger partial charge in [-0.2, -0.15) is 0 Å². The van der Waals surface area contributed by atoms with Gasteiger partial charge in [-0.15, -0.1) is 0 Å². The second-order valence-electron chi connectivity index (χ2n) is 5.55. The third kappa shape index (κ3) is 3.65. The van der Waals surface area contributed by atoms with Gasteiger partial charge in [0.05, 0.1) is 18.5 Å². The van der Waals surface area contributed by atoms with Crippen LogP contribution in [0.1, 0.15) is 18.5 Å². The van der Waals surface area contributed by atoms with E-state index in [9.17, 15) is 0 Å². The summed E-state index contributed by atoms with van der Waals surface area (Å²) in [5.41, 5.74) is 0.952. The van der Waals surface area contributed by atoms with E-state index >= 15 is 0 Å². The van der Waals surface area contributed by atoms with Gasteiger partial charge in [-0.1, -0.05) is 11.6 Å². The van der Waals surface area contributed by atoms with Gasteiger partial charge in [0.1, 0.15) is 10.8 Å². The highest BCUT2D eigenvalue weighted by atomic mass is 35.5. The van der Waals surface area contributed by atoms with Crippen molar-refractivity contribution in [2.45, 2.75) is 19.8 Å². The van der Waals surface area contributed by atoms with Crippen LogP contribution in [0.25, 0.3) is 0 Å². The molecule has 0 N–H and O–H groups in total. The van der Waals surface area contributed by atoms with Crippen LogP contribution in [-0.2, 0) is 0 Å². The highest BCUT2D eigenvalue weighted by Gasteiger charge is 2.21. The van der Waals surface area contributed by atoms with Crippen LogP contribution >= 0.6 is 11.6 Å². The van der Waals surface area contributed by atoms with E-state index in [0.29, 0.717) is 23.4 Å². The SMILES string of the molecule is Cc1cncc(N2CCC(COc3ncccc3Cl)CC2)n1. The van der Waals surface area contributed by atoms with Gasteiger partial charge in [-0.25, -0.2) is 9.97 Å². The molecule has 116 valence electrons. The van der Waals surface area contributed by atoms with E-state index < -0.39 is 0 Å². The fourth-order valence-corrected chi connectivity index (χ4v) is 2.78. The number of hydrogen-bond donors (Lipinski definition) is 0. The van der Waals surface area contributed by atoms with Crippen LogP contribution in [0.5, 0.6) is 5.88 Å². The summed E-state index contributed by atoms with van der Waals surface area (Å²) < 4.78 is 5.75. The fourth-order valence-electron chi connectivity index (χ4n) is 2.61. The van der Waals surface area contributed by atoms with E-state index in [0.717, 1.165) is 37.4 Å². The summed E-state index contributed by atoms with van der Waals surface area (Å²) in [6.07, 6.45) is 7.44. The van der Waals surface area contributed by atoms with Gasteiger partial charge >= 0.3 is 0 Å². The summed E-state index contributed by atoms with van der Waals surface area (Å²) in [7, 11) is 0. The van der Waals surface area contributed by atoms with Crippen LogP contribution in [0.3, 0.4) is 0 Å². The molecule has 1 saturated heterocycles. The van der Waals surface area contributed by atoms with Gasteiger partial charge in [0.25, 0.3) is 0 Å². The minimum Gasteiger partial charge on any atom is -0.476 e. The summed E-state index contributed by atoms with van der Waals surface area (Å²) in [4.78, 5) is 15.2. The molecular formula is C16H19ClN4O. The Bertz CT molecular complexity index is 629. The molecule has 2 aromatic rings. The smallest absolute Gasteiger partial charge is 0.232 e. The molecule has 0 spiro atoms. The number of ether oxygens (including phenoxy) is 1. The molecule has 0 unspecified atom stereocenters. The molecule has 0 aliphatic carbocycles. The topological polar surface area (TPSA) is 51.1 Å². The number of rotatable bonds is 4. The Morgan fingerprint density at radius 2 is 2.14 bits per heavy atom. The predicted molar refractivity (Wildman–Crippen MR) is 86.4 cm³/mol. The largest absolute Gasteiger partial charge is 0.476 e. The maximum Gasteiger partial charge on any atom is 0.232 e. The molecule has 2 aromatic heterocycles. The van der Waals surface area contributed by atoms with Gasteiger partial charge in [-0.05, 0) is 37.8 Å². The lowest BCUT2D eigenvalue weighted by Gasteiger charge is -2.32. The molecule has 3 rings (SSSR count). The number of pyridine rings is 1. The highest BCUT2D eigenvalue weighted by Crippen LogP contribution is 2.24. The van der Waals surface area contributed by atoms with Crippen LogP contribution in [0.15, 0.2) is 30.7 Å². The van der Waals surface area contributed by atoms with Crippen molar-refractivity contribution in [3.8, 4) is 5.88 Å². The average molecular weight is 319 g/mol. The standard InChI is InChI=1S/C16H19ClN4O/c1-12-9-18-10-15(20-12)21-7-4-13(5-8-21)11-22-16-14(17)3-2-6-19-16/h2-3,6,9-10,13H,4-5,7-8,11H2,1H3. The Hall–Kier alpha value is -1.88. The molecule has 0 radical (unpaired) electrons. The zero-order chi connectivity index (χ0) is 15.4. The van der Waals surface area contributed by atoms with E-state index in [2.05, 4.69) is 19.9 Å². The van der Waals surface area contributed by atoms with Gasteiger partial charge < -0.3 is 9.64 Å². The maximum atomic E-state index is 6.05. The molecule has 0 aromatic carbocycles. The van der Waals surface area contributed by atoms with Crippen molar-refractivity contribution in [1.82, 2.24) is 15.0 Å². The van der Waals surface area contributed by atoms with Crippen LogP contribution in [0, 0.1) is 12.8 Å². The third-order valence-corrected chi connectivity index (χ3v) is 4.15. The van der Waals surface area contributed by atoms with Crippen LogP contribution < -0.4 is 9.64 Å². The first-order valence-corrected chi connectivity index (χ1v) is 7.87. The number of aromatic nitrogens is 3.